The van der Waals surface area contributed by atoms with Crippen LogP contribution in [0.3, 0.4) is 0 Å². The highest BCUT2D eigenvalue weighted by atomic mass is 35.5. The maximum Gasteiger partial charge on any atom is 0.150 e. The van der Waals surface area contributed by atoms with Crippen molar-refractivity contribution in [1.29, 1.82) is 0 Å². The van der Waals surface area contributed by atoms with E-state index in [0.717, 1.165) is 6.29 Å². The summed E-state index contributed by atoms with van der Waals surface area (Å²) in [6.45, 7) is 0. The van der Waals surface area contributed by atoms with Gasteiger partial charge in [0.25, 0.3) is 0 Å². The molecule has 0 bridgehead atoms. The lowest BCUT2D eigenvalue weighted by molar-refractivity contribution is 0.112. The molecule has 0 saturated heterocycles. The van der Waals surface area contributed by atoms with Crippen LogP contribution in [0.25, 0.3) is 11.1 Å². The van der Waals surface area contributed by atoms with E-state index >= 15 is 0 Å². The number of rotatable bonds is 2. The highest BCUT2D eigenvalue weighted by Crippen LogP contribution is 2.38. The van der Waals surface area contributed by atoms with Crippen LogP contribution in [0.4, 0.5) is 0 Å². The molecular weight excluding hydrogens is 314 g/mol. The van der Waals surface area contributed by atoms with Crippen LogP contribution in [0.1, 0.15) is 10.4 Å². The van der Waals surface area contributed by atoms with Gasteiger partial charge in [-0.1, -0.05) is 58.5 Å². The average molecular weight is 320 g/mol. The molecule has 0 atom stereocenters. The van der Waals surface area contributed by atoms with Gasteiger partial charge in [0.2, 0.25) is 0 Å². The van der Waals surface area contributed by atoms with Gasteiger partial charge in [-0.25, -0.2) is 0 Å². The molecule has 0 fully saturated rings. The molecule has 0 aliphatic heterocycles. The van der Waals surface area contributed by atoms with Crippen LogP contribution in [0, 0.1) is 0 Å². The average Bonchev–Trinajstić information content (AvgIpc) is 2.35. The Morgan fingerprint density at radius 3 is 2.06 bits per heavy atom. The Labute approximate surface area is 124 Å². The van der Waals surface area contributed by atoms with Crippen molar-refractivity contribution in [1.82, 2.24) is 0 Å². The number of halogens is 4. The van der Waals surface area contributed by atoms with Gasteiger partial charge in [-0.3, -0.25) is 4.79 Å². The van der Waals surface area contributed by atoms with E-state index in [9.17, 15) is 4.79 Å². The van der Waals surface area contributed by atoms with Gasteiger partial charge in [0.1, 0.15) is 0 Å². The van der Waals surface area contributed by atoms with Crippen molar-refractivity contribution in [3.05, 3.63) is 56.0 Å². The fourth-order valence-corrected chi connectivity index (χ4v) is 2.53. The predicted molar refractivity (Wildman–Crippen MR) is 77.3 cm³/mol. The Morgan fingerprint density at radius 1 is 0.889 bits per heavy atom. The van der Waals surface area contributed by atoms with Crippen LogP contribution in [-0.2, 0) is 0 Å². The third kappa shape index (κ3) is 2.50. The minimum Gasteiger partial charge on any atom is -0.298 e. The van der Waals surface area contributed by atoms with Crippen molar-refractivity contribution in [2.75, 3.05) is 0 Å². The molecule has 0 spiro atoms. The first-order chi connectivity index (χ1) is 8.54. The molecule has 2 aromatic carbocycles. The summed E-state index contributed by atoms with van der Waals surface area (Å²) in [5.74, 6) is 0. The molecular formula is C13H6Cl4O. The highest BCUT2D eigenvalue weighted by Gasteiger charge is 2.13. The van der Waals surface area contributed by atoms with E-state index in [4.69, 9.17) is 46.4 Å². The van der Waals surface area contributed by atoms with E-state index in [2.05, 4.69) is 0 Å². The molecule has 92 valence electrons. The maximum atomic E-state index is 11.0. The summed E-state index contributed by atoms with van der Waals surface area (Å²) in [4.78, 5) is 11.0. The number of carbonyl (C=O) groups is 1. The van der Waals surface area contributed by atoms with E-state index in [0.29, 0.717) is 31.8 Å². The molecule has 0 N–H and O–H groups in total. The zero-order valence-corrected chi connectivity index (χ0v) is 11.9. The second-order valence-electron chi connectivity index (χ2n) is 3.58. The molecule has 18 heavy (non-hydrogen) atoms. The fraction of sp³-hybridized carbons (Fsp3) is 0. The van der Waals surface area contributed by atoms with Crippen molar-refractivity contribution in [3.63, 3.8) is 0 Å². The highest BCUT2D eigenvalue weighted by molar-refractivity contribution is 6.48. The normalized spacial score (nSPS) is 10.4. The van der Waals surface area contributed by atoms with Crippen LogP contribution < -0.4 is 0 Å². The van der Waals surface area contributed by atoms with Crippen molar-refractivity contribution in [2.45, 2.75) is 0 Å². The molecule has 0 saturated carbocycles. The zero-order chi connectivity index (χ0) is 13.3. The lowest BCUT2D eigenvalue weighted by Gasteiger charge is -2.09. The summed E-state index contributed by atoms with van der Waals surface area (Å²) >= 11 is 23.9. The van der Waals surface area contributed by atoms with Crippen LogP contribution in [-0.4, -0.2) is 6.29 Å². The molecule has 2 aromatic rings. The molecule has 0 aliphatic rings. The van der Waals surface area contributed by atoms with E-state index in [1.807, 2.05) is 0 Å². The van der Waals surface area contributed by atoms with E-state index < -0.39 is 0 Å². The molecule has 0 radical (unpaired) electrons. The van der Waals surface area contributed by atoms with Crippen LogP contribution in [0.15, 0.2) is 30.3 Å². The van der Waals surface area contributed by atoms with Gasteiger partial charge in [0.15, 0.2) is 6.29 Å². The van der Waals surface area contributed by atoms with Crippen LogP contribution in [0.2, 0.25) is 20.1 Å². The number of aldehydes is 1. The maximum absolute atomic E-state index is 11.0. The Balaban J connectivity index is 2.73. The summed E-state index contributed by atoms with van der Waals surface area (Å²) in [7, 11) is 0. The number of hydrogen-bond acceptors (Lipinski definition) is 1. The van der Waals surface area contributed by atoms with Gasteiger partial charge in [0, 0.05) is 16.1 Å². The summed E-state index contributed by atoms with van der Waals surface area (Å²) in [5, 5.41) is 1.36. The summed E-state index contributed by atoms with van der Waals surface area (Å²) in [5.41, 5.74) is 1.72. The molecule has 0 unspecified atom stereocenters. The first-order valence-corrected chi connectivity index (χ1v) is 6.44. The van der Waals surface area contributed by atoms with Gasteiger partial charge in [0.05, 0.1) is 15.1 Å². The monoisotopic (exact) mass is 318 g/mol. The number of hydrogen-bond donors (Lipinski definition) is 0. The number of carbonyl (C=O) groups excluding carboxylic acids is 1. The van der Waals surface area contributed by atoms with E-state index in [1.165, 1.54) is 0 Å². The molecule has 2 rings (SSSR count). The Morgan fingerprint density at radius 2 is 1.50 bits per heavy atom. The van der Waals surface area contributed by atoms with Gasteiger partial charge in [-0.05, 0) is 23.8 Å². The van der Waals surface area contributed by atoms with Crippen molar-refractivity contribution in [2.24, 2.45) is 0 Å². The minimum absolute atomic E-state index is 0.279. The lowest BCUT2D eigenvalue weighted by atomic mass is 10.0. The topological polar surface area (TPSA) is 17.1 Å². The van der Waals surface area contributed by atoms with Gasteiger partial charge in [-0.15, -0.1) is 0 Å². The smallest absolute Gasteiger partial charge is 0.150 e. The van der Waals surface area contributed by atoms with E-state index in [-0.39, 0.29) is 5.02 Å². The minimum atomic E-state index is 0.279. The molecule has 0 aromatic heterocycles. The first kappa shape index (κ1) is 13.7. The largest absolute Gasteiger partial charge is 0.298 e. The second kappa shape index (κ2) is 5.50. The summed E-state index contributed by atoms with van der Waals surface area (Å²) < 4.78 is 0. The van der Waals surface area contributed by atoms with Gasteiger partial charge >= 0.3 is 0 Å². The predicted octanol–water partition coefficient (Wildman–Crippen LogP) is 5.78. The lowest BCUT2D eigenvalue weighted by Crippen LogP contribution is -1.89. The molecule has 1 nitrogen and oxygen atoms in total. The standard InChI is InChI=1S/C13H6Cl4O/c14-9-3-1-2-7(6-18)12(9)8-4-10(15)13(17)11(16)5-8/h1-6H. The van der Waals surface area contributed by atoms with Crippen molar-refractivity contribution >= 4 is 52.7 Å². The van der Waals surface area contributed by atoms with Crippen molar-refractivity contribution in [3.8, 4) is 11.1 Å². The summed E-state index contributed by atoms with van der Waals surface area (Å²) in [6.07, 6.45) is 0.734. The second-order valence-corrected chi connectivity index (χ2v) is 5.18. The quantitative estimate of drug-likeness (QED) is 0.506. The summed E-state index contributed by atoms with van der Waals surface area (Å²) in [6, 6.07) is 8.33. The Bertz CT molecular complexity index is 599. The molecule has 5 heteroatoms. The Hall–Kier alpha value is -0.730. The van der Waals surface area contributed by atoms with Crippen LogP contribution in [0.5, 0.6) is 0 Å². The third-order valence-corrected chi connectivity index (χ3v) is 3.96. The first-order valence-electron chi connectivity index (χ1n) is 4.93. The van der Waals surface area contributed by atoms with Crippen molar-refractivity contribution < 1.29 is 4.79 Å². The van der Waals surface area contributed by atoms with Gasteiger partial charge in [-0.2, -0.15) is 0 Å². The molecule has 0 aliphatic carbocycles. The van der Waals surface area contributed by atoms with Gasteiger partial charge < -0.3 is 0 Å². The SMILES string of the molecule is O=Cc1cccc(Cl)c1-c1cc(Cl)c(Cl)c(Cl)c1. The molecule has 0 amide bonds. The molecule has 0 heterocycles. The fourth-order valence-electron chi connectivity index (χ4n) is 1.64. The third-order valence-electron chi connectivity index (χ3n) is 2.45. The Kier molecular flexibility index (Phi) is 4.18. The number of benzene rings is 2. The van der Waals surface area contributed by atoms with Crippen LogP contribution >= 0.6 is 46.4 Å². The zero-order valence-electron chi connectivity index (χ0n) is 8.88. The van der Waals surface area contributed by atoms with E-state index in [1.54, 1.807) is 30.3 Å².